The summed E-state index contributed by atoms with van der Waals surface area (Å²) >= 11 is 5.83. The molecule has 78 valence electrons. The number of halogens is 1. The summed E-state index contributed by atoms with van der Waals surface area (Å²) in [6.45, 7) is 0.265. The monoisotopic (exact) mass is 223 g/mol. The van der Waals surface area contributed by atoms with Crippen molar-refractivity contribution in [1.82, 2.24) is 4.90 Å². The number of rotatable bonds is 1. The van der Waals surface area contributed by atoms with E-state index in [0.717, 1.165) is 0 Å². The molecule has 0 atom stereocenters. The van der Waals surface area contributed by atoms with E-state index in [4.69, 9.17) is 11.6 Å². The lowest BCUT2D eigenvalue weighted by molar-refractivity contribution is -0.122. The van der Waals surface area contributed by atoms with Crippen LogP contribution in [0.5, 0.6) is 0 Å². The fourth-order valence-corrected chi connectivity index (χ4v) is 1.81. The Morgan fingerprint density at radius 1 is 1.47 bits per heavy atom. The Morgan fingerprint density at radius 2 is 2.20 bits per heavy atom. The highest BCUT2D eigenvalue weighted by atomic mass is 35.5. The number of hydrogen-bond donors (Lipinski definition) is 1. The summed E-state index contributed by atoms with van der Waals surface area (Å²) in [6, 6.07) is 6.91. The second kappa shape index (κ2) is 3.59. The smallest absolute Gasteiger partial charge is 0.258 e. The SMILES string of the molecule is CN1CC(O)=C(c2cccc(Cl)c2)C1=O. The number of benzene rings is 1. The van der Waals surface area contributed by atoms with Crippen molar-refractivity contribution in [2.45, 2.75) is 0 Å². The van der Waals surface area contributed by atoms with Crippen LogP contribution in [0.15, 0.2) is 30.0 Å². The Balaban J connectivity index is 2.48. The summed E-state index contributed by atoms with van der Waals surface area (Å²) in [5.41, 5.74) is 1.01. The molecular weight excluding hydrogens is 214 g/mol. The molecule has 15 heavy (non-hydrogen) atoms. The van der Waals surface area contributed by atoms with Gasteiger partial charge in [0, 0.05) is 12.1 Å². The minimum Gasteiger partial charge on any atom is -0.510 e. The van der Waals surface area contributed by atoms with E-state index in [1.54, 1.807) is 31.3 Å². The van der Waals surface area contributed by atoms with E-state index >= 15 is 0 Å². The highest BCUT2D eigenvalue weighted by Gasteiger charge is 2.28. The second-order valence-electron chi connectivity index (χ2n) is 3.49. The van der Waals surface area contributed by atoms with Crippen molar-refractivity contribution in [3.8, 4) is 0 Å². The molecule has 1 aromatic rings. The van der Waals surface area contributed by atoms with E-state index in [9.17, 15) is 9.90 Å². The van der Waals surface area contributed by atoms with Crippen molar-refractivity contribution in [2.75, 3.05) is 13.6 Å². The van der Waals surface area contributed by atoms with E-state index < -0.39 is 0 Å². The van der Waals surface area contributed by atoms with Gasteiger partial charge in [-0.15, -0.1) is 0 Å². The summed E-state index contributed by atoms with van der Waals surface area (Å²) in [6.07, 6.45) is 0. The number of nitrogens with zero attached hydrogens (tertiary/aromatic N) is 1. The molecule has 0 aromatic heterocycles. The molecule has 4 heteroatoms. The van der Waals surface area contributed by atoms with Crippen molar-refractivity contribution in [3.05, 3.63) is 40.6 Å². The third-order valence-electron chi connectivity index (χ3n) is 2.35. The van der Waals surface area contributed by atoms with Crippen LogP contribution in [-0.2, 0) is 4.79 Å². The van der Waals surface area contributed by atoms with Gasteiger partial charge in [0.15, 0.2) is 0 Å². The van der Waals surface area contributed by atoms with E-state index in [-0.39, 0.29) is 18.2 Å². The van der Waals surface area contributed by atoms with Crippen LogP contribution in [0.1, 0.15) is 5.56 Å². The molecule has 0 radical (unpaired) electrons. The topological polar surface area (TPSA) is 40.5 Å². The van der Waals surface area contributed by atoms with Gasteiger partial charge in [0.2, 0.25) is 0 Å². The highest BCUT2D eigenvalue weighted by Crippen LogP contribution is 2.27. The maximum absolute atomic E-state index is 11.7. The number of carbonyl (C=O) groups excluding carboxylic acids is 1. The summed E-state index contributed by atoms with van der Waals surface area (Å²) in [4.78, 5) is 13.2. The van der Waals surface area contributed by atoms with Crippen LogP contribution in [0.25, 0.3) is 5.57 Å². The first-order valence-electron chi connectivity index (χ1n) is 4.53. The largest absolute Gasteiger partial charge is 0.510 e. The zero-order valence-corrected chi connectivity index (χ0v) is 8.95. The average molecular weight is 224 g/mol. The zero-order chi connectivity index (χ0) is 11.0. The van der Waals surface area contributed by atoms with Crippen LogP contribution in [0, 0.1) is 0 Å². The number of hydrogen-bond acceptors (Lipinski definition) is 2. The van der Waals surface area contributed by atoms with Crippen LogP contribution in [0.4, 0.5) is 0 Å². The van der Waals surface area contributed by atoms with E-state index in [1.165, 1.54) is 4.90 Å². The molecule has 0 unspecified atom stereocenters. The normalized spacial score (nSPS) is 16.4. The Kier molecular flexibility index (Phi) is 2.40. The minimum absolute atomic E-state index is 0.102. The number of amides is 1. The minimum atomic E-state index is -0.172. The molecule has 0 aliphatic carbocycles. The van der Waals surface area contributed by atoms with E-state index in [2.05, 4.69) is 0 Å². The summed E-state index contributed by atoms with van der Waals surface area (Å²) in [5, 5.41) is 10.2. The molecule has 1 aliphatic rings. The van der Waals surface area contributed by atoms with E-state index in [1.807, 2.05) is 0 Å². The number of carbonyl (C=O) groups is 1. The fraction of sp³-hybridized carbons (Fsp3) is 0.182. The van der Waals surface area contributed by atoms with Crippen LogP contribution < -0.4 is 0 Å². The van der Waals surface area contributed by atoms with Gasteiger partial charge in [0.1, 0.15) is 5.76 Å². The predicted molar refractivity (Wildman–Crippen MR) is 58.6 cm³/mol. The summed E-state index contributed by atoms with van der Waals surface area (Å²) in [5.74, 6) is -0.0699. The number of likely N-dealkylation sites (N-methyl/N-ethyl adjacent to an activating group) is 1. The molecule has 3 nitrogen and oxygen atoms in total. The van der Waals surface area contributed by atoms with Gasteiger partial charge in [-0.1, -0.05) is 23.7 Å². The summed E-state index contributed by atoms with van der Waals surface area (Å²) in [7, 11) is 1.65. The zero-order valence-electron chi connectivity index (χ0n) is 8.20. The van der Waals surface area contributed by atoms with Gasteiger partial charge in [-0.3, -0.25) is 4.79 Å². The first-order valence-corrected chi connectivity index (χ1v) is 4.91. The van der Waals surface area contributed by atoms with Gasteiger partial charge in [-0.2, -0.15) is 0 Å². The molecular formula is C11H10ClNO2. The van der Waals surface area contributed by atoms with Crippen molar-refractivity contribution in [3.63, 3.8) is 0 Å². The van der Waals surface area contributed by atoms with Crippen molar-refractivity contribution < 1.29 is 9.90 Å². The standard InChI is InChI=1S/C11H10ClNO2/c1-13-6-9(14)10(11(13)15)7-3-2-4-8(12)5-7/h2-5,14H,6H2,1H3. The van der Waals surface area contributed by atoms with Crippen molar-refractivity contribution >= 4 is 23.1 Å². The lowest BCUT2D eigenvalue weighted by Gasteiger charge is -2.07. The molecule has 1 amide bonds. The average Bonchev–Trinajstić information content (AvgIpc) is 2.41. The lowest BCUT2D eigenvalue weighted by Crippen LogP contribution is -2.21. The number of aliphatic hydroxyl groups excluding tert-OH is 1. The molecule has 2 rings (SSSR count). The summed E-state index contributed by atoms with van der Waals surface area (Å²) < 4.78 is 0. The van der Waals surface area contributed by atoms with Crippen LogP contribution >= 0.6 is 11.6 Å². The van der Waals surface area contributed by atoms with Crippen LogP contribution in [0.3, 0.4) is 0 Å². The molecule has 0 saturated carbocycles. The predicted octanol–water partition coefficient (Wildman–Crippen LogP) is 2.08. The van der Waals surface area contributed by atoms with Gasteiger partial charge in [0.05, 0.1) is 12.1 Å². The van der Waals surface area contributed by atoms with Gasteiger partial charge in [0.25, 0.3) is 5.91 Å². The lowest BCUT2D eigenvalue weighted by atomic mass is 10.1. The Labute approximate surface area is 92.6 Å². The molecule has 0 bridgehead atoms. The molecule has 1 aromatic carbocycles. The molecule has 1 heterocycles. The first-order chi connectivity index (χ1) is 7.09. The Morgan fingerprint density at radius 3 is 2.73 bits per heavy atom. The number of aliphatic hydroxyl groups is 1. The molecule has 1 aliphatic heterocycles. The maximum atomic E-state index is 11.7. The van der Waals surface area contributed by atoms with Crippen molar-refractivity contribution in [2.24, 2.45) is 0 Å². The third kappa shape index (κ3) is 1.70. The molecule has 1 N–H and O–H groups in total. The van der Waals surface area contributed by atoms with Crippen LogP contribution in [-0.4, -0.2) is 29.5 Å². The molecule has 0 saturated heterocycles. The Bertz CT molecular complexity index is 454. The van der Waals surface area contributed by atoms with Gasteiger partial charge >= 0.3 is 0 Å². The molecule has 0 spiro atoms. The van der Waals surface area contributed by atoms with Gasteiger partial charge in [-0.25, -0.2) is 0 Å². The fourth-order valence-electron chi connectivity index (χ4n) is 1.62. The maximum Gasteiger partial charge on any atom is 0.258 e. The first kappa shape index (κ1) is 10.1. The Hall–Kier alpha value is -1.48. The quantitative estimate of drug-likeness (QED) is 0.792. The van der Waals surface area contributed by atoms with Crippen LogP contribution in [0.2, 0.25) is 5.02 Å². The highest BCUT2D eigenvalue weighted by molar-refractivity contribution is 6.31. The van der Waals surface area contributed by atoms with E-state index in [0.29, 0.717) is 16.2 Å². The third-order valence-corrected chi connectivity index (χ3v) is 2.58. The molecule has 0 fully saturated rings. The van der Waals surface area contributed by atoms with Crippen molar-refractivity contribution in [1.29, 1.82) is 0 Å². The second-order valence-corrected chi connectivity index (χ2v) is 3.93. The van der Waals surface area contributed by atoms with Gasteiger partial charge < -0.3 is 10.0 Å². The van der Waals surface area contributed by atoms with Gasteiger partial charge in [-0.05, 0) is 17.7 Å².